The van der Waals surface area contributed by atoms with Crippen molar-refractivity contribution in [2.45, 2.75) is 111 Å². The fraction of sp³-hybridized carbons (Fsp3) is 0.600. The summed E-state index contributed by atoms with van der Waals surface area (Å²) in [6.07, 6.45) is 3.56. The predicted molar refractivity (Wildman–Crippen MR) is 205 cm³/mol. The van der Waals surface area contributed by atoms with Gasteiger partial charge in [-0.1, -0.05) is 74.4 Å². The molecule has 0 radical (unpaired) electrons. The van der Waals surface area contributed by atoms with Crippen LogP contribution in [0.3, 0.4) is 0 Å². The van der Waals surface area contributed by atoms with E-state index in [1.54, 1.807) is 6.21 Å². The Kier molecular flexibility index (Phi) is 14.4. The summed E-state index contributed by atoms with van der Waals surface area (Å²) in [5.41, 5.74) is 4.95. The van der Waals surface area contributed by atoms with E-state index in [-0.39, 0.29) is 39.4 Å². The molecule has 2 heterocycles. The third-order valence-corrected chi connectivity index (χ3v) is 9.29. The monoisotopic (exact) mass is 744 g/mol. The molecule has 51 heavy (non-hydrogen) atoms. The van der Waals surface area contributed by atoms with Gasteiger partial charge in [-0.2, -0.15) is 0 Å². The Morgan fingerprint density at radius 3 is 1.90 bits per heavy atom. The normalized spacial score (nSPS) is 15.4. The fourth-order valence-corrected chi connectivity index (χ4v) is 6.23. The molecular weight excluding hydrogens is 682 g/mol. The summed E-state index contributed by atoms with van der Waals surface area (Å²) in [7, 11) is 2.18. The first-order valence-electron chi connectivity index (χ1n) is 17.7. The van der Waals surface area contributed by atoms with Crippen LogP contribution in [0.5, 0.6) is 11.5 Å². The van der Waals surface area contributed by atoms with Crippen molar-refractivity contribution in [1.29, 1.82) is 0 Å². The van der Waals surface area contributed by atoms with Gasteiger partial charge in [-0.3, -0.25) is 24.4 Å². The molecule has 0 spiro atoms. The van der Waals surface area contributed by atoms with Gasteiger partial charge in [0.1, 0.15) is 11.5 Å². The molecule has 0 atom stereocenters. The van der Waals surface area contributed by atoms with Crippen LogP contribution in [0.1, 0.15) is 116 Å². The van der Waals surface area contributed by atoms with E-state index < -0.39 is 11.7 Å². The summed E-state index contributed by atoms with van der Waals surface area (Å²) in [6.45, 7) is 29.5. The van der Waals surface area contributed by atoms with Gasteiger partial charge in [0.2, 0.25) is 0 Å². The molecule has 2 aromatic rings. The number of guanidine groups is 1. The maximum atomic E-state index is 11.4. The molecule has 0 saturated carbocycles. The molecule has 4 N–H and O–H groups in total. The number of likely N-dealkylation sites (N-methyl/N-ethyl adjacent to an activating group) is 1. The molecule has 0 amide bonds. The number of fused-ring (bicyclic) bond motifs is 1. The zero-order valence-electron chi connectivity index (χ0n) is 33.0. The van der Waals surface area contributed by atoms with Gasteiger partial charge in [-0.25, -0.2) is 4.79 Å². The van der Waals surface area contributed by atoms with Crippen molar-refractivity contribution in [3.05, 3.63) is 57.6 Å². The van der Waals surface area contributed by atoms with Crippen LogP contribution in [0.4, 0.5) is 4.79 Å². The number of benzene rings is 2. The van der Waals surface area contributed by atoms with E-state index in [2.05, 4.69) is 108 Å². The van der Waals surface area contributed by atoms with Crippen molar-refractivity contribution in [3.63, 3.8) is 0 Å². The number of nitrogens with zero attached hydrogens (tertiary/aromatic N) is 5. The maximum absolute atomic E-state index is 11.4. The number of aromatic hydroxyl groups is 2. The molecule has 1 fully saturated rings. The van der Waals surface area contributed by atoms with E-state index in [0.717, 1.165) is 67.8 Å². The minimum absolute atomic E-state index is 0. The average molecular weight is 745 g/mol. The Balaban J connectivity index is 0.00000171. The third-order valence-electron chi connectivity index (χ3n) is 9.29. The largest absolute Gasteiger partial charge is 0.507 e. The molecule has 1 saturated heterocycles. The Bertz CT molecular complexity index is 1620. The van der Waals surface area contributed by atoms with Crippen molar-refractivity contribution in [1.82, 2.24) is 9.80 Å². The molecule has 0 bridgehead atoms. The SMILES string of the molecule is C[N+]1=C2N(CCCc3cc(C(C)(C)C)cc(C=NCC(C)(C)N=Cc4cc(C(C)(C)C)cc(C(C)(C)C)c4O)c3O)CCN2CC1.O=C(O)O.[Cr]. The van der Waals surface area contributed by atoms with Crippen LogP contribution in [0.2, 0.25) is 0 Å². The van der Waals surface area contributed by atoms with Gasteiger partial charge in [0.15, 0.2) is 0 Å². The standard InChI is InChI=1S/C39H59N5O2.CH2O3.Cr/c1-36(2,3)30-20-27(14-13-15-43-18-19-44-17-16-42(12)35(43)44)33(45)28(21-30)24-40-26-39(10,11)41-25-29-22-31(37(4,5)6)23-32(34(29)46)38(7,8)9;2-1(3)4;/h20-25H,13-19,26H2,1-12H3,(H-,40,41,45,46);(H2,2,3,4);/p+1. The number of carboxylic acid groups (broad SMARTS) is 2. The summed E-state index contributed by atoms with van der Waals surface area (Å²) >= 11 is 0. The van der Waals surface area contributed by atoms with Crippen LogP contribution in [-0.4, -0.2) is 111 Å². The van der Waals surface area contributed by atoms with E-state index in [9.17, 15) is 10.2 Å². The molecule has 282 valence electrons. The van der Waals surface area contributed by atoms with Gasteiger partial charge in [0.25, 0.3) is 0 Å². The topological polar surface area (TPSA) is 132 Å². The first-order valence-corrected chi connectivity index (χ1v) is 17.7. The number of hydrogen-bond acceptors (Lipinski definition) is 7. The van der Waals surface area contributed by atoms with Crippen LogP contribution < -0.4 is 0 Å². The second-order valence-corrected chi connectivity index (χ2v) is 17.4. The Morgan fingerprint density at radius 1 is 0.804 bits per heavy atom. The maximum Gasteiger partial charge on any atom is 0.503 e. The number of hydrogen-bond donors (Lipinski definition) is 4. The van der Waals surface area contributed by atoms with Crippen molar-refractivity contribution in [2.24, 2.45) is 9.98 Å². The van der Waals surface area contributed by atoms with E-state index in [0.29, 0.717) is 12.3 Å². The van der Waals surface area contributed by atoms with Crippen LogP contribution in [0, 0.1) is 0 Å². The van der Waals surface area contributed by atoms with Gasteiger partial charge in [0.05, 0.1) is 51.9 Å². The molecule has 0 aliphatic carbocycles. The zero-order chi connectivity index (χ0) is 37.8. The van der Waals surface area contributed by atoms with Gasteiger partial charge >= 0.3 is 12.1 Å². The summed E-state index contributed by atoms with van der Waals surface area (Å²) in [4.78, 5) is 23.2. The van der Waals surface area contributed by atoms with Crippen LogP contribution in [0.15, 0.2) is 34.3 Å². The number of phenolic OH excluding ortho intramolecular Hbond substituents is 2. The van der Waals surface area contributed by atoms with Gasteiger partial charge in [0, 0.05) is 46.5 Å². The van der Waals surface area contributed by atoms with Crippen molar-refractivity contribution in [2.75, 3.05) is 46.3 Å². The molecule has 10 nitrogen and oxygen atoms in total. The van der Waals surface area contributed by atoms with Crippen LogP contribution in [-0.2, 0) is 40.0 Å². The minimum atomic E-state index is -1.83. The molecule has 0 unspecified atom stereocenters. The summed E-state index contributed by atoms with van der Waals surface area (Å²) in [5, 5.41) is 36.5. The van der Waals surface area contributed by atoms with Gasteiger partial charge in [-0.15, -0.1) is 0 Å². The Morgan fingerprint density at radius 2 is 1.35 bits per heavy atom. The van der Waals surface area contributed by atoms with Crippen LogP contribution in [0.25, 0.3) is 0 Å². The number of phenols is 2. The quantitative estimate of drug-likeness (QED) is 0.159. The molecular formula is C40H62CrN5O5+. The summed E-state index contributed by atoms with van der Waals surface area (Å²) in [6, 6.07) is 8.43. The third kappa shape index (κ3) is 12.0. The zero-order valence-corrected chi connectivity index (χ0v) is 34.2. The molecule has 0 aromatic heterocycles. The fourth-order valence-electron chi connectivity index (χ4n) is 6.23. The Labute approximate surface area is 316 Å². The van der Waals surface area contributed by atoms with Crippen LogP contribution >= 0.6 is 0 Å². The molecule has 11 heteroatoms. The number of carbonyl (C=O) groups is 1. The molecule has 2 aromatic carbocycles. The number of rotatable bonds is 9. The average Bonchev–Trinajstić information content (AvgIpc) is 3.54. The predicted octanol–water partition coefficient (Wildman–Crippen LogP) is 7.09. The molecule has 2 aliphatic rings. The first-order chi connectivity index (χ1) is 22.9. The minimum Gasteiger partial charge on any atom is -0.507 e. The van der Waals surface area contributed by atoms with E-state index >= 15 is 0 Å². The van der Waals surface area contributed by atoms with Gasteiger partial charge in [-0.05, 0) is 71.8 Å². The van der Waals surface area contributed by atoms with Crippen molar-refractivity contribution in [3.8, 4) is 11.5 Å². The molecule has 2 aliphatic heterocycles. The van der Waals surface area contributed by atoms with E-state index in [1.807, 2.05) is 20.1 Å². The van der Waals surface area contributed by atoms with Gasteiger partial charge < -0.3 is 20.4 Å². The van der Waals surface area contributed by atoms with Crippen molar-refractivity contribution < 1.29 is 47.2 Å². The van der Waals surface area contributed by atoms with E-state index in [4.69, 9.17) is 25.0 Å². The number of aryl methyl sites for hydroxylation is 1. The first kappa shape index (κ1) is 43.6. The second-order valence-electron chi connectivity index (χ2n) is 17.4. The smallest absolute Gasteiger partial charge is 0.503 e. The number of aliphatic imine (C=N–C) groups is 2. The second kappa shape index (κ2) is 16.9. The Hall–Kier alpha value is -3.55. The van der Waals surface area contributed by atoms with Crippen molar-refractivity contribution >= 4 is 24.5 Å². The summed E-state index contributed by atoms with van der Waals surface area (Å²) in [5.74, 6) is 1.97. The summed E-state index contributed by atoms with van der Waals surface area (Å²) < 4.78 is 2.36. The van der Waals surface area contributed by atoms with E-state index in [1.165, 1.54) is 17.1 Å². The molecule has 4 rings (SSSR count).